The molecule has 1 aliphatic heterocycles. The molecular weight excluding hydrogens is 416 g/mol. The van der Waals surface area contributed by atoms with Gasteiger partial charge in [0.15, 0.2) is 12.4 Å². The van der Waals surface area contributed by atoms with Crippen LogP contribution >= 0.6 is 0 Å². The third kappa shape index (κ3) is 4.05. The van der Waals surface area contributed by atoms with Gasteiger partial charge in [-0.15, -0.1) is 0 Å². The molecule has 0 aliphatic carbocycles. The lowest BCUT2D eigenvalue weighted by atomic mass is 9.96. The second-order valence-corrected chi connectivity index (χ2v) is 8.34. The quantitative estimate of drug-likeness (QED) is 0.338. The van der Waals surface area contributed by atoms with Gasteiger partial charge in [-0.2, -0.15) is 0 Å². The maximum atomic E-state index is 13.2. The number of ketones is 1. The highest BCUT2D eigenvalue weighted by molar-refractivity contribution is 6.07. The van der Waals surface area contributed by atoms with Crippen molar-refractivity contribution < 1.29 is 19.1 Å². The second-order valence-electron chi connectivity index (χ2n) is 8.34. The van der Waals surface area contributed by atoms with Gasteiger partial charge in [0.05, 0.1) is 18.2 Å². The average molecular weight is 440 g/mol. The highest BCUT2D eigenvalue weighted by Crippen LogP contribution is 2.28. The molecule has 2 heterocycles. The number of pyridine rings is 1. The number of esters is 1. The number of rotatable bonds is 5. The summed E-state index contributed by atoms with van der Waals surface area (Å²) in [5.41, 5.74) is 3.60. The normalized spacial score (nSPS) is 13.6. The summed E-state index contributed by atoms with van der Waals surface area (Å²) in [6.45, 7) is 1.20. The Morgan fingerprint density at radius 3 is 2.67 bits per heavy atom. The number of likely N-dealkylation sites (N-methyl/N-ethyl adjacent to an activating group) is 1. The topological polar surface area (TPSA) is 68.7 Å². The van der Waals surface area contributed by atoms with Crippen LogP contribution < -0.4 is 4.74 Å². The van der Waals surface area contributed by atoms with Crippen LogP contribution in [0.25, 0.3) is 21.7 Å². The maximum Gasteiger partial charge on any atom is 0.339 e. The van der Waals surface area contributed by atoms with E-state index in [1.54, 1.807) is 13.2 Å². The summed E-state index contributed by atoms with van der Waals surface area (Å²) >= 11 is 0. The van der Waals surface area contributed by atoms with E-state index in [1.165, 1.54) is 0 Å². The minimum atomic E-state index is -0.487. The molecule has 0 fully saturated rings. The maximum absolute atomic E-state index is 13.2. The highest BCUT2D eigenvalue weighted by Gasteiger charge is 2.26. The number of carbonyl (C=O) groups is 2. The van der Waals surface area contributed by atoms with Crippen molar-refractivity contribution in [2.24, 2.45) is 0 Å². The summed E-state index contributed by atoms with van der Waals surface area (Å²) < 4.78 is 10.8. The van der Waals surface area contributed by atoms with E-state index in [9.17, 15) is 9.59 Å². The lowest BCUT2D eigenvalue weighted by molar-refractivity contribution is 0.0474. The van der Waals surface area contributed by atoms with Crippen LogP contribution in [0.3, 0.4) is 0 Å². The van der Waals surface area contributed by atoms with Crippen molar-refractivity contribution in [2.45, 2.75) is 13.0 Å². The largest absolute Gasteiger partial charge is 0.497 e. The summed E-state index contributed by atoms with van der Waals surface area (Å²) in [6.07, 6.45) is 0.776. The first-order valence-corrected chi connectivity index (χ1v) is 10.9. The molecular formula is C27H24N2O4. The summed E-state index contributed by atoms with van der Waals surface area (Å²) in [5.74, 6) is 0.0264. The SMILES string of the molecule is COc1ccc2cc(C(=O)COC(=O)c3c4c(nc5ccccc35)CCN(C)C4)ccc2c1. The van der Waals surface area contributed by atoms with E-state index in [2.05, 4.69) is 4.90 Å². The van der Waals surface area contributed by atoms with Gasteiger partial charge in [0.1, 0.15) is 5.75 Å². The molecule has 1 aliphatic rings. The van der Waals surface area contributed by atoms with E-state index in [-0.39, 0.29) is 12.4 Å². The van der Waals surface area contributed by atoms with Crippen LogP contribution in [0.2, 0.25) is 0 Å². The van der Waals surface area contributed by atoms with Crippen LogP contribution in [-0.2, 0) is 17.7 Å². The van der Waals surface area contributed by atoms with E-state index in [1.807, 2.05) is 61.6 Å². The van der Waals surface area contributed by atoms with Gasteiger partial charge in [-0.05, 0) is 42.1 Å². The predicted molar refractivity (Wildman–Crippen MR) is 127 cm³/mol. The number of Topliss-reactive ketones (excluding diaryl/α,β-unsaturated/α-hetero) is 1. The van der Waals surface area contributed by atoms with Crippen LogP contribution in [0.15, 0.2) is 60.7 Å². The van der Waals surface area contributed by atoms with E-state index in [4.69, 9.17) is 14.5 Å². The van der Waals surface area contributed by atoms with Gasteiger partial charge in [0.25, 0.3) is 0 Å². The lowest BCUT2D eigenvalue weighted by Crippen LogP contribution is -2.29. The molecule has 1 aromatic heterocycles. The molecule has 166 valence electrons. The lowest BCUT2D eigenvalue weighted by Gasteiger charge is -2.26. The van der Waals surface area contributed by atoms with Crippen molar-refractivity contribution >= 4 is 33.4 Å². The van der Waals surface area contributed by atoms with Crippen molar-refractivity contribution in [3.63, 3.8) is 0 Å². The number of ether oxygens (including phenoxy) is 2. The molecule has 0 saturated carbocycles. The van der Waals surface area contributed by atoms with Gasteiger partial charge < -0.3 is 14.4 Å². The summed E-state index contributed by atoms with van der Waals surface area (Å²) in [5, 5.41) is 2.65. The first-order chi connectivity index (χ1) is 16.0. The zero-order valence-electron chi connectivity index (χ0n) is 18.6. The number of fused-ring (bicyclic) bond motifs is 3. The van der Waals surface area contributed by atoms with Gasteiger partial charge in [0.2, 0.25) is 0 Å². The van der Waals surface area contributed by atoms with E-state index in [0.29, 0.717) is 17.7 Å². The van der Waals surface area contributed by atoms with Crippen molar-refractivity contribution in [3.8, 4) is 5.75 Å². The van der Waals surface area contributed by atoms with Crippen LogP contribution in [0.4, 0.5) is 0 Å². The smallest absolute Gasteiger partial charge is 0.339 e. The van der Waals surface area contributed by atoms with Crippen LogP contribution in [0, 0.1) is 0 Å². The van der Waals surface area contributed by atoms with Crippen molar-refractivity contribution in [2.75, 3.05) is 27.3 Å². The minimum Gasteiger partial charge on any atom is -0.497 e. The number of methoxy groups -OCH3 is 1. The molecule has 6 nitrogen and oxygen atoms in total. The molecule has 0 unspecified atom stereocenters. The Morgan fingerprint density at radius 1 is 1.03 bits per heavy atom. The van der Waals surface area contributed by atoms with Gasteiger partial charge in [-0.3, -0.25) is 9.78 Å². The Balaban J connectivity index is 1.41. The molecule has 6 heteroatoms. The Morgan fingerprint density at radius 2 is 1.82 bits per heavy atom. The van der Waals surface area contributed by atoms with Gasteiger partial charge in [0, 0.05) is 41.7 Å². The monoisotopic (exact) mass is 440 g/mol. The third-order valence-corrected chi connectivity index (χ3v) is 6.15. The number of carbonyl (C=O) groups excluding carboxylic acids is 2. The summed E-state index contributed by atoms with van der Waals surface area (Å²) in [4.78, 5) is 33.0. The molecule has 0 bridgehead atoms. The van der Waals surface area contributed by atoms with Crippen LogP contribution in [-0.4, -0.2) is 48.9 Å². The first kappa shape index (κ1) is 21.1. The average Bonchev–Trinajstić information content (AvgIpc) is 2.85. The number of para-hydroxylation sites is 1. The van der Waals surface area contributed by atoms with Crippen LogP contribution in [0.5, 0.6) is 5.75 Å². The Kier molecular flexibility index (Phi) is 5.52. The minimum absolute atomic E-state index is 0.245. The Bertz CT molecular complexity index is 1400. The van der Waals surface area contributed by atoms with Crippen molar-refractivity contribution in [1.82, 2.24) is 9.88 Å². The fourth-order valence-electron chi connectivity index (χ4n) is 4.37. The fraction of sp³-hybridized carbons (Fsp3) is 0.222. The van der Waals surface area contributed by atoms with E-state index >= 15 is 0 Å². The molecule has 0 radical (unpaired) electrons. The standard InChI is InChI=1S/C27H24N2O4/c1-29-12-11-24-22(15-29)26(21-5-3-4-6-23(21)28-24)27(31)33-16-25(30)19-8-7-18-14-20(32-2)10-9-17(18)13-19/h3-10,13-14H,11-12,15-16H2,1-2H3. The molecule has 0 atom stereocenters. The molecule has 0 spiro atoms. The fourth-order valence-corrected chi connectivity index (χ4v) is 4.37. The Hall–Kier alpha value is -3.77. The molecule has 0 N–H and O–H groups in total. The van der Waals surface area contributed by atoms with Crippen molar-refractivity contribution in [1.29, 1.82) is 0 Å². The van der Waals surface area contributed by atoms with Gasteiger partial charge in [-0.1, -0.05) is 36.4 Å². The van der Waals surface area contributed by atoms with Gasteiger partial charge >= 0.3 is 5.97 Å². The molecule has 33 heavy (non-hydrogen) atoms. The highest BCUT2D eigenvalue weighted by atomic mass is 16.5. The number of benzene rings is 3. The number of aromatic nitrogens is 1. The zero-order chi connectivity index (χ0) is 22.9. The summed E-state index contributed by atoms with van der Waals surface area (Å²) in [6, 6.07) is 18.7. The molecule has 3 aromatic carbocycles. The predicted octanol–water partition coefficient (Wildman–Crippen LogP) is 4.42. The Labute approximate surface area is 191 Å². The molecule has 5 rings (SSSR count). The van der Waals surface area contributed by atoms with Crippen molar-refractivity contribution in [3.05, 3.63) is 83.0 Å². The first-order valence-electron chi connectivity index (χ1n) is 10.9. The van der Waals surface area contributed by atoms with Gasteiger partial charge in [-0.25, -0.2) is 4.79 Å². The molecule has 0 saturated heterocycles. The molecule has 4 aromatic rings. The molecule has 0 amide bonds. The van der Waals surface area contributed by atoms with E-state index in [0.717, 1.165) is 51.6 Å². The number of hydrogen-bond acceptors (Lipinski definition) is 6. The second kappa shape index (κ2) is 8.64. The zero-order valence-corrected chi connectivity index (χ0v) is 18.6. The number of hydrogen-bond donors (Lipinski definition) is 0. The third-order valence-electron chi connectivity index (χ3n) is 6.15. The summed E-state index contributed by atoms with van der Waals surface area (Å²) in [7, 11) is 3.64. The van der Waals surface area contributed by atoms with Crippen LogP contribution in [0.1, 0.15) is 32.0 Å². The van der Waals surface area contributed by atoms with E-state index < -0.39 is 5.97 Å². The number of nitrogens with zero attached hydrogens (tertiary/aromatic N) is 2.